The van der Waals surface area contributed by atoms with Crippen LogP contribution in [-0.2, 0) is 12.7 Å². The molecule has 0 aliphatic rings. The Labute approximate surface area is 216 Å². The van der Waals surface area contributed by atoms with Gasteiger partial charge in [-0.15, -0.1) is 0 Å². The Kier molecular flexibility index (Phi) is 6.70. The van der Waals surface area contributed by atoms with Crippen LogP contribution in [0.25, 0.3) is 22.2 Å². The highest BCUT2D eigenvalue weighted by Crippen LogP contribution is 2.31. The first-order valence-corrected chi connectivity index (χ1v) is 11.7. The normalized spacial score (nSPS) is 11.3. The van der Waals surface area contributed by atoms with Gasteiger partial charge in [0.1, 0.15) is 0 Å². The molecule has 1 N–H and O–H groups in total. The van der Waals surface area contributed by atoms with E-state index in [1.807, 2.05) is 18.2 Å². The van der Waals surface area contributed by atoms with Crippen LogP contribution in [0, 0.1) is 0 Å². The first-order chi connectivity index (χ1) is 18.3. The molecule has 0 fully saturated rings. The Bertz CT molecular complexity index is 1630. The topological polar surface area (TPSA) is 62.9 Å². The minimum absolute atomic E-state index is 0.0271. The number of alkyl halides is 3. The van der Waals surface area contributed by atoms with Crippen molar-refractivity contribution in [1.82, 2.24) is 4.98 Å². The van der Waals surface area contributed by atoms with E-state index in [0.29, 0.717) is 27.7 Å². The van der Waals surface area contributed by atoms with E-state index in [9.17, 15) is 22.8 Å². The van der Waals surface area contributed by atoms with Crippen LogP contribution in [0.5, 0.6) is 0 Å². The van der Waals surface area contributed by atoms with Gasteiger partial charge >= 0.3 is 6.18 Å². The molecule has 0 atom stereocenters. The van der Waals surface area contributed by atoms with Gasteiger partial charge in [0.15, 0.2) is 12.4 Å². The third-order valence-corrected chi connectivity index (χ3v) is 6.02. The first kappa shape index (κ1) is 24.8. The molecule has 0 radical (unpaired) electrons. The van der Waals surface area contributed by atoms with Crippen molar-refractivity contribution < 1.29 is 27.3 Å². The van der Waals surface area contributed by atoms with Crippen molar-refractivity contribution in [3.8, 4) is 11.3 Å². The standard InChI is InChI=1S/C30H20F3N3O2/c31-30(32,33)22-9-6-10-23(17-22)34-29(38)25-18-27(35-26-12-5-4-11-24(25)26)20-13-15-36(16-14-20)19-28(37)21-7-2-1-3-8-21/h1-18H,19H2/p+1. The summed E-state index contributed by atoms with van der Waals surface area (Å²) in [6.45, 7) is 0.167. The van der Waals surface area contributed by atoms with Gasteiger partial charge in [-0.3, -0.25) is 9.59 Å². The third kappa shape index (κ3) is 5.44. The molecule has 5 aromatic rings. The molecule has 0 unspecified atom stereocenters. The van der Waals surface area contributed by atoms with E-state index >= 15 is 0 Å². The van der Waals surface area contributed by atoms with Crippen molar-refractivity contribution in [1.29, 1.82) is 0 Å². The van der Waals surface area contributed by atoms with Crippen LogP contribution >= 0.6 is 0 Å². The summed E-state index contributed by atoms with van der Waals surface area (Å²) in [5, 5.41) is 3.15. The SMILES string of the molecule is O=C(C[n+]1ccc(-c2cc(C(=O)Nc3cccc(C(F)(F)F)c3)c3ccccc3n2)cc1)c1ccccc1. The number of rotatable bonds is 6. The number of ketones is 1. The average Bonchev–Trinajstić information content (AvgIpc) is 2.93. The molecule has 0 spiro atoms. The molecule has 2 heterocycles. The Morgan fingerprint density at radius 3 is 2.26 bits per heavy atom. The number of nitrogens with one attached hydrogen (secondary N) is 1. The highest BCUT2D eigenvalue weighted by atomic mass is 19.4. The lowest BCUT2D eigenvalue weighted by Crippen LogP contribution is -2.37. The molecule has 0 aliphatic heterocycles. The molecule has 0 aliphatic carbocycles. The highest BCUT2D eigenvalue weighted by molar-refractivity contribution is 6.13. The van der Waals surface area contributed by atoms with Gasteiger partial charge in [0, 0.05) is 34.3 Å². The minimum atomic E-state index is -4.52. The maximum absolute atomic E-state index is 13.2. The molecule has 38 heavy (non-hydrogen) atoms. The molecule has 5 nitrogen and oxygen atoms in total. The van der Waals surface area contributed by atoms with Gasteiger partial charge in [-0.25, -0.2) is 4.98 Å². The zero-order chi connectivity index (χ0) is 26.7. The number of nitrogens with zero attached hydrogens (tertiary/aromatic N) is 2. The lowest BCUT2D eigenvalue weighted by Gasteiger charge is -2.12. The van der Waals surface area contributed by atoms with Gasteiger partial charge in [0.05, 0.1) is 22.3 Å². The van der Waals surface area contributed by atoms with Crippen LogP contribution in [0.1, 0.15) is 26.3 Å². The molecule has 5 rings (SSSR count). The van der Waals surface area contributed by atoms with Crippen molar-refractivity contribution in [3.05, 3.63) is 126 Å². The molecule has 0 saturated heterocycles. The van der Waals surface area contributed by atoms with E-state index < -0.39 is 17.6 Å². The number of carbonyl (C=O) groups excluding carboxylic acids is 2. The van der Waals surface area contributed by atoms with Gasteiger partial charge < -0.3 is 5.32 Å². The molecule has 0 saturated carbocycles. The van der Waals surface area contributed by atoms with Crippen molar-refractivity contribution in [3.63, 3.8) is 0 Å². The summed E-state index contributed by atoms with van der Waals surface area (Å²) in [5.74, 6) is -0.579. The first-order valence-electron chi connectivity index (χ1n) is 11.7. The highest BCUT2D eigenvalue weighted by Gasteiger charge is 2.30. The number of para-hydroxylation sites is 1. The molecule has 3 aromatic carbocycles. The number of hydrogen-bond acceptors (Lipinski definition) is 3. The Morgan fingerprint density at radius 1 is 0.816 bits per heavy atom. The number of halogens is 3. The smallest absolute Gasteiger partial charge is 0.322 e. The van der Waals surface area contributed by atoms with Crippen molar-refractivity contribution >= 4 is 28.3 Å². The predicted octanol–water partition coefficient (Wildman–Crippen LogP) is 6.34. The van der Waals surface area contributed by atoms with Crippen molar-refractivity contribution in [2.24, 2.45) is 0 Å². The second kappa shape index (κ2) is 10.3. The summed E-state index contributed by atoms with van der Waals surface area (Å²) in [6, 6.07) is 25.8. The van der Waals surface area contributed by atoms with E-state index in [2.05, 4.69) is 10.3 Å². The number of benzene rings is 3. The monoisotopic (exact) mass is 512 g/mol. The van der Waals surface area contributed by atoms with Gasteiger partial charge in [0.25, 0.3) is 5.91 Å². The zero-order valence-electron chi connectivity index (χ0n) is 19.9. The fourth-order valence-electron chi connectivity index (χ4n) is 4.10. The third-order valence-electron chi connectivity index (χ3n) is 6.02. The number of pyridine rings is 2. The summed E-state index contributed by atoms with van der Waals surface area (Å²) >= 11 is 0. The lowest BCUT2D eigenvalue weighted by atomic mass is 10.0. The average molecular weight is 513 g/mol. The van der Waals surface area contributed by atoms with Gasteiger partial charge in [-0.1, -0.05) is 54.6 Å². The molecule has 8 heteroatoms. The van der Waals surface area contributed by atoms with E-state index in [0.717, 1.165) is 12.1 Å². The Morgan fingerprint density at radius 2 is 1.53 bits per heavy atom. The molecule has 1 amide bonds. The number of hydrogen-bond donors (Lipinski definition) is 1. The number of anilines is 1. The second-order valence-corrected chi connectivity index (χ2v) is 8.65. The summed E-state index contributed by atoms with van der Waals surface area (Å²) in [7, 11) is 0. The summed E-state index contributed by atoms with van der Waals surface area (Å²) < 4.78 is 41.1. The van der Waals surface area contributed by atoms with Crippen LogP contribution in [0.4, 0.5) is 18.9 Å². The number of fused-ring (bicyclic) bond motifs is 1. The minimum Gasteiger partial charge on any atom is -0.322 e. The molecule has 0 bridgehead atoms. The van der Waals surface area contributed by atoms with Crippen molar-refractivity contribution in [2.45, 2.75) is 12.7 Å². The number of amides is 1. The summed E-state index contributed by atoms with van der Waals surface area (Å²) in [4.78, 5) is 30.4. The molecular formula is C30H21F3N3O2+. The van der Waals surface area contributed by atoms with Crippen LogP contribution < -0.4 is 9.88 Å². The number of carbonyl (C=O) groups is 2. The number of aromatic nitrogens is 2. The van der Waals surface area contributed by atoms with Crippen LogP contribution in [0.3, 0.4) is 0 Å². The number of Topliss-reactive ketones (excluding diaryl/α,β-unsaturated/α-hetero) is 1. The quantitative estimate of drug-likeness (QED) is 0.213. The molecule has 2 aromatic heterocycles. The maximum Gasteiger partial charge on any atom is 0.416 e. The van der Waals surface area contributed by atoms with E-state index in [-0.39, 0.29) is 23.6 Å². The van der Waals surface area contributed by atoms with Crippen LogP contribution in [-0.4, -0.2) is 16.7 Å². The van der Waals surface area contributed by atoms with Crippen LogP contribution in [0.15, 0.2) is 109 Å². The Balaban J connectivity index is 1.43. The van der Waals surface area contributed by atoms with E-state index in [1.54, 1.807) is 71.6 Å². The fraction of sp³-hybridized carbons (Fsp3) is 0.0667. The predicted molar refractivity (Wildman–Crippen MR) is 138 cm³/mol. The zero-order valence-corrected chi connectivity index (χ0v) is 19.9. The van der Waals surface area contributed by atoms with Crippen molar-refractivity contribution in [2.75, 3.05) is 5.32 Å². The second-order valence-electron chi connectivity index (χ2n) is 8.65. The summed E-state index contributed by atoms with van der Waals surface area (Å²) in [6.07, 6.45) is -1.00. The fourth-order valence-corrected chi connectivity index (χ4v) is 4.10. The van der Waals surface area contributed by atoms with Gasteiger partial charge in [-0.2, -0.15) is 17.7 Å². The van der Waals surface area contributed by atoms with E-state index in [4.69, 9.17) is 0 Å². The lowest BCUT2D eigenvalue weighted by molar-refractivity contribution is -0.683. The van der Waals surface area contributed by atoms with Crippen LogP contribution in [0.2, 0.25) is 0 Å². The van der Waals surface area contributed by atoms with Gasteiger partial charge in [-0.05, 0) is 30.3 Å². The maximum atomic E-state index is 13.2. The molecular weight excluding hydrogens is 491 g/mol. The van der Waals surface area contributed by atoms with E-state index in [1.165, 1.54) is 12.1 Å². The Hall–Kier alpha value is -4.85. The summed E-state index contributed by atoms with van der Waals surface area (Å²) in [5.41, 5.74) is 1.88. The largest absolute Gasteiger partial charge is 0.416 e. The molecule has 188 valence electrons. The van der Waals surface area contributed by atoms with Gasteiger partial charge in [0.2, 0.25) is 12.3 Å².